The van der Waals surface area contributed by atoms with Crippen molar-refractivity contribution in [2.45, 2.75) is 57.0 Å². The molecule has 0 saturated heterocycles. The summed E-state index contributed by atoms with van der Waals surface area (Å²) in [7, 11) is 0. The maximum Gasteiger partial charge on any atom is 0.407 e. The molecule has 3 atom stereocenters. The number of carbonyl (C=O) groups is 3. The first-order valence-electron chi connectivity index (χ1n) is 11.6. The second-order valence-electron chi connectivity index (χ2n) is 8.83. The number of rotatable bonds is 8. The van der Waals surface area contributed by atoms with E-state index in [0.717, 1.165) is 28.7 Å². The van der Waals surface area contributed by atoms with Gasteiger partial charge in [-0.25, -0.2) is 4.79 Å². The number of benzene rings is 2. The molecule has 2 aliphatic carbocycles. The summed E-state index contributed by atoms with van der Waals surface area (Å²) in [5.74, 6) is -1.69. The lowest BCUT2D eigenvalue weighted by Gasteiger charge is -2.21. The van der Waals surface area contributed by atoms with Crippen LogP contribution in [-0.4, -0.2) is 41.8 Å². The molecule has 0 aromatic heterocycles. The highest BCUT2D eigenvalue weighted by molar-refractivity contribution is 5.80. The third-order valence-corrected chi connectivity index (χ3v) is 6.77. The van der Waals surface area contributed by atoms with Gasteiger partial charge in [-0.05, 0) is 41.5 Å². The van der Waals surface area contributed by atoms with Crippen LogP contribution in [-0.2, 0) is 14.3 Å². The number of alkyl carbamates (subject to hydrolysis) is 1. The molecule has 1 saturated carbocycles. The van der Waals surface area contributed by atoms with Gasteiger partial charge in [0.15, 0.2) is 0 Å². The van der Waals surface area contributed by atoms with Crippen molar-refractivity contribution < 1.29 is 24.2 Å². The third kappa shape index (κ3) is 5.02. The Labute approximate surface area is 193 Å². The number of carboxylic acid groups (broad SMARTS) is 1. The third-order valence-electron chi connectivity index (χ3n) is 6.77. The Bertz CT molecular complexity index is 991. The minimum Gasteiger partial charge on any atom is -0.481 e. The molecule has 0 unspecified atom stereocenters. The van der Waals surface area contributed by atoms with Gasteiger partial charge in [0.2, 0.25) is 5.91 Å². The molecule has 7 nitrogen and oxygen atoms in total. The van der Waals surface area contributed by atoms with Crippen LogP contribution in [0.2, 0.25) is 0 Å². The zero-order chi connectivity index (χ0) is 23.4. The van der Waals surface area contributed by atoms with E-state index in [2.05, 4.69) is 34.9 Å². The first-order chi connectivity index (χ1) is 16.0. The minimum absolute atomic E-state index is 0.0261. The molecule has 0 aliphatic heterocycles. The van der Waals surface area contributed by atoms with Gasteiger partial charge in [0.05, 0.1) is 5.92 Å². The van der Waals surface area contributed by atoms with Crippen molar-refractivity contribution >= 4 is 18.0 Å². The summed E-state index contributed by atoms with van der Waals surface area (Å²) in [5.41, 5.74) is 4.61. The highest BCUT2D eigenvalue weighted by atomic mass is 16.5. The van der Waals surface area contributed by atoms with Crippen LogP contribution >= 0.6 is 0 Å². The van der Waals surface area contributed by atoms with Gasteiger partial charge in [0.1, 0.15) is 6.61 Å². The van der Waals surface area contributed by atoms with E-state index in [9.17, 15) is 19.5 Å². The van der Waals surface area contributed by atoms with Gasteiger partial charge < -0.3 is 20.5 Å². The van der Waals surface area contributed by atoms with Crippen molar-refractivity contribution in [3.05, 3.63) is 59.7 Å². The van der Waals surface area contributed by atoms with Crippen LogP contribution in [0.4, 0.5) is 4.79 Å². The van der Waals surface area contributed by atoms with Crippen LogP contribution in [0.15, 0.2) is 48.5 Å². The average molecular weight is 451 g/mol. The summed E-state index contributed by atoms with van der Waals surface area (Å²) in [5, 5.41) is 14.9. The fraction of sp³-hybridized carbons (Fsp3) is 0.423. The van der Waals surface area contributed by atoms with Gasteiger partial charge in [0, 0.05) is 24.4 Å². The first-order valence-corrected chi connectivity index (χ1v) is 11.6. The summed E-state index contributed by atoms with van der Waals surface area (Å²) in [6.07, 6.45) is 2.13. The van der Waals surface area contributed by atoms with E-state index in [4.69, 9.17) is 4.74 Å². The fourth-order valence-corrected chi connectivity index (χ4v) is 5.02. The molecule has 0 bridgehead atoms. The molecule has 3 N–H and O–H groups in total. The highest BCUT2D eigenvalue weighted by Gasteiger charge is 2.34. The van der Waals surface area contributed by atoms with Crippen LogP contribution in [0.25, 0.3) is 11.1 Å². The SMILES string of the molecule is CC[C@@H](CC(=O)N[C@H]1CCC[C@H]1C(=O)O)NC(=O)OCC1c2ccccc2-c2ccccc21. The Morgan fingerprint density at radius 1 is 1.03 bits per heavy atom. The Morgan fingerprint density at radius 2 is 1.67 bits per heavy atom. The standard InChI is InChI=1S/C26H30N2O5/c1-2-16(14-24(29)28-23-13-7-12-21(23)25(30)31)27-26(32)33-15-22-19-10-5-3-8-17(19)18-9-4-6-11-20(18)22/h3-6,8-11,16,21-23H,2,7,12-15H2,1H3,(H,27,32)(H,28,29)(H,30,31)/t16-,21+,23-/m0/s1. The molecule has 1 fully saturated rings. The Kier molecular flexibility index (Phi) is 6.96. The van der Waals surface area contributed by atoms with Crippen LogP contribution in [0.5, 0.6) is 0 Å². The molecule has 0 spiro atoms. The molecule has 0 heterocycles. The second kappa shape index (κ2) is 10.1. The summed E-state index contributed by atoms with van der Waals surface area (Å²) < 4.78 is 5.58. The number of ether oxygens (including phenoxy) is 1. The molecule has 2 aromatic rings. The number of nitrogens with one attached hydrogen (secondary N) is 2. The lowest BCUT2D eigenvalue weighted by Crippen LogP contribution is -2.44. The second-order valence-corrected chi connectivity index (χ2v) is 8.83. The van der Waals surface area contributed by atoms with E-state index < -0.39 is 18.0 Å². The maximum atomic E-state index is 12.5. The number of fused-ring (bicyclic) bond motifs is 3. The molecule has 2 aromatic carbocycles. The number of aliphatic carboxylic acids is 1. The van der Waals surface area contributed by atoms with Gasteiger partial charge >= 0.3 is 12.1 Å². The van der Waals surface area contributed by atoms with Gasteiger partial charge in [0.25, 0.3) is 0 Å². The zero-order valence-corrected chi connectivity index (χ0v) is 18.8. The Morgan fingerprint density at radius 3 is 2.27 bits per heavy atom. The largest absolute Gasteiger partial charge is 0.481 e. The fourth-order valence-electron chi connectivity index (χ4n) is 5.02. The smallest absolute Gasteiger partial charge is 0.407 e. The van der Waals surface area contributed by atoms with E-state index in [1.165, 1.54) is 0 Å². The maximum absolute atomic E-state index is 12.5. The first kappa shape index (κ1) is 22.8. The van der Waals surface area contributed by atoms with Crippen LogP contribution < -0.4 is 10.6 Å². The number of hydrogen-bond donors (Lipinski definition) is 3. The molecule has 0 radical (unpaired) electrons. The van der Waals surface area contributed by atoms with E-state index in [-0.39, 0.29) is 36.9 Å². The summed E-state index contributed by atoms with van der Waals surface area (Å²) in [6, 6.07) is 15.6. The molecule has 2 amide bonds. The van der Waals surface area contributed by atoms with Crippen molar-refractivity contribution in [3.63, 3.8) is 0 Å². The van der Waals surface area contributed by atoms with Crippen molar-refractivity contribution in [2.75, 3.05) is 6.61 Å². The van der Waals surface area contributed by atoms with E-state index >= 15 is 0 Å². The predicted molar refractivity (Wildman–Crippen MR) is 124 cm³/mol. The normalized spacial score (nSPS) is 19.9. The quantitative estimate of drug-likeness (QED) is 0.563. The Hall–Kier alpha value is -3.35. The molecular formula is C26H30N2O5. The van der Waals surface area contributed by atoms with Crippen LogP contribution in [0.1, 0.15) is 56.1 Å². The number of carbonyl (C=O) groups excluding carboxylic acids is 2. The van der Waals surface area contributed by atoms with Crippen molar-refractivity contribution in [1.82, 2.24) is 10.6 Å². The van der Waals surface area contributed by atoms with Gasteiger partial charge in [-0.3, -0.25) is 9.59 Å². The average Bonchev–Trinajstić information content (AvgIpc) is 3.40. The van der Waals surface area contributed by atoms with Crippen LogP contribution in [0, 0.1) is 5.92 Å². The molecule has 33 heavy (non-hydrogen) atoms. The highest BCUT2D eigenvalue weighted by Crippen LogP contribution is 2.44. The summed E-state index contributed by atoms with van der Waals surface area (Å²) in [6.45, 7) is 2.10. The topological polar surface area (TPSA) is 105 Å². The van der Waals surface area contributed by atoms with Crippen molar-refractivity contribution in [1.29, 1.82) is 0 Å². The predicted octanol–water partition coefficient (Wildman–Crippen LogP) is 4.06. The van der Waals surface area contributed by atoms with E-state index in [0.29, 0.717) is 19.3 Å². The van der Waals surface area contributed by atoms with Gasteiger partial charge in [-0.2, -0.15) is 0 Å². The summed E-state index contributed by atoms with van der Waals surface area (Å²) in [4.78, 5) is 36.3. The molecule has 4 rings (SSSR count). The lowest BCUT2D eigenvalue weighted by atomic mass is 9.98. The molecular weight excluding hydrogens is 420 g/mol. The zero-order valence-electron chi connectivity index (χ0n) is 18.8. The Balaban J connectivity index is 1.31. The molecule has 2 aliphatic rings. The summed E-state index contributed by atoms with van der Waals surface area (Å²) >= 11 is 0. The van der Waals surface area contributed by atoms with E-state index in [1.54, 1.807) is 0 Å². The van der Waals surface area contributed by atoms with Gasteiger partial charge in [-0.15, -0.1) is 0 Å². The monoisotopic (exact) mass is 450 g/mol. The molecule has 174 valence electrons. The number of amides is 2. The lowest BCUT2D eigenvalue weighted by molar-refractivity contribution is -0.142. The van der Waals surface area contributed by atoms with Crippen molar-refractivity contribution in [2.24, 2.45) is 5.92 Å². The number of carboxylic acids is 1. The van der Waals surface area contributed by atoms with Crippen molar-refractivity contribution in [3.8, 4) is 11.1 Å². The minimum atomic E-state index is -0.874. The molecule has 7 heteroatoms. The van der Waals surface area contributed by atoms with E-state index in [1.807, 2.05) is 31.2 Å². The van der Waals surface area contributed by atoms with Crippen LogP contribution in [0.3, 0.4) is 0 Å². The number of hydrogen-bond acceptors (Lipinski definition) is 4. The van der Waals surface area contributed by atoms with Gasteiger partial charge in [-0.1, -0.05) is 61.9 Å².